The van der Waals surface area contributed by atoms with E-state index in [0.717, 1.165) is 43.2 Å². The molecule has 11 nitrogen and oxygen atoms in total. The Labute approximate surface area is 231 Å². The first-order chi connectivity index (χ1) is 19.4. The van der Waals surface area contributed by atoms with Crippen LogP contribution >= 0.6 is 0 Å². The lowest BCUT2D eigenvalue weighted by atomic mass is 10.0. The van der Waals surface area contributed by atoms with Gasteiger partial charge in [0.25, 0.3) is 5.91 Å². The number of carbonyl (C=O) groups excluding carboxylic acids is 3. The molecule has 1 saturated carbocycles. The molecule has 2 aromatic heterocycles. The Balaban J connectivity index is 1.33. The van der Waals surface area contributed by atoms with Crippen LogP contribution in [0.3, 0.4) is 0 Å². The lowest BCUT2D eigenvalue weighted by Gasteiger charge is -2.27. The summed E-state index contributed by atoms with van der Waals surface area (Å²) < 4.78 is 21.9. The van der Waals surface area contributed by atoms with E-state index in [1.807, 2.05) is 6.07 Å². The van der Waals surface area contributed by atoms with Crippen molar-refractivity contribution in [2.45, 2.75) is 76.4 Å². The number of alkyl halides is 1. The lowest BCUT2D eigenvalue weighted by molar-refractivity contribution is -0.139. The monoisotopic (exact) mass is 551 g/mol. The van der Waals surface area contributed by atoms with Gasteiger partial charge in [-0.2, -0.15) is 15.3 Å². The topological polar surface area (TPSA) is 145 Å². The molecule has 12 heteroatoms. The van der Waals surface area contributed by atoms with Crippen LogP contribution in [0.2, 0.25) is 0 Å². The number of benzene rings is 1. The second kappa shape index (κ2) is 12.1. The average Bonchev–Trinajstić information content (AvgIpc) is 3.66. The number of nitrogens with zero attached hydrogens (tertiary/aromatic N) is 5. The number of fused-ring (bicyclic) bond motifs is 1. The van der Waals surface area contributed by atoms with Crippen LogP contribution in [0.25, 0.3) is 22.0 Å². The Bertz CT molecular complexity index is 1380. The fourth-order valence-electron chi connectivity index (χ4n) is 5.60. The van der Waals surface area contributed by atoms with E-state index in [9.17, 15) is 18.8 Å². The van der Waals surface area contributed by atoms with E-state index in [4.69, 9.17) is 10.5 Å². The van der Waals surface area contributed by atoms with Gasteiger partial charge in [0.15, 0.2) is 5.69 Å². The van der Waals surface area contributed by atoms with Crippen molar-refractivity contribution in [3.05, 3.63) is 42.4 Å². The molecular formula is C28H34FN7O4. The summed E-state index contributed by atoms with van der Waals surface area (Å²) in [6.07, 6.45) is 6.26. The number of nitrogens with one attached hydrogen (secondary N) is 1. The van der Waals surface area contributed by atoms with Crippen LogP contribution in [0.15, 0.2) is 36.7 Å². The number of hydrogen-bond donors (Lipinski definition) is 2. The quantitative estimate of drug-likeness (QED) is 0.368. The van der Waals surface area contributed by atoms with Crippen LogP contribution in [0.5, 0.6) is 0 Å². The Morgan fingerprint density at radius 1 is 1.18 bits per heavy atom. The molecule has 0 bridgehead atoms. The molecule has 2 fully saturated rings. The minimum Gasteiger partial charge on any atom is -0.376 e. The van der Waals surface area contributed by atoms with E-state index < -0.39 is 24.0 Å². The summed E-state index contributed by atoms with van der Waals surface area (Å²) >= 11 is 0. The maximum absolute atomic E-state index is 14.6. The zero-order valence-corrected chi connectivity index (χ0v) is 22.5. The molecule has 3 amide bonds. The van der Waals surface area contributed by atoms with Crippen molar-refractivity contribution in [3.63, 3.8) is 0 Å². The second-order valence-electron chi connectivity index (χ2n) is 10.4. The van der Waals surface area contributed by atoms with Gasteiger partial charge in [-0.25, -0.2) is 4.39 Å². The van der Waals surface area contributed by atoms with Crippen molar-refractivity contribution >= 4 is 28.6 Å². The smallest absolute Gasteiger partial charge is 0.269 e. The van der Waals surface area contributed by atoms with Gasteiger partial charge < -0.3 is 20.7 Å². The molecule has 2 aliphatic rings. The van der Waals surface area contributed by atoms with Crippen LogP contribution in [-0.2, 0) is 20.9 Å². The predicted molar refractivity (Wildman–Crippen MR) is 145 cm³/mol. The van der Waals surface area contributed by atoms with Gasteiger partial charge >= 0.3 is 0 Å². The molecule has 3 aromatic rings. The highest BCUT2D eigenvalue weighted by Crippen LogP contribution is 2.28. The standard InChI is InChI=1S/C28H34FN7O4/c1-2-3-11-40-24-6-4-5-21(24)33-28(39)23-13-19(29)15-35(23)25(37)16-36-22-8-7-17(18-9-10-31-32-14-18)12-20(22)26(34-36)27(30)38/h7-10,12,14,19,21,23-24H,2-6,11,13,15-16H2,1H3,(H2,30,38)(H,33,39)/t19-,21-,23+,24?/m1/s1. The van der Waals surface area contributed by atoms with Crippen LogP contribution < -0.4 is 11.1 Å². The Morgan fingerprint density at radius 3 is 2.77 bits per heavy atom. The van der Waals surface area contributed by atoms with Crippen LogP contribution in [0.4, 0.5) is 4.39 Å². The van der Waals surface area contributed by atoms with Gasteiger partial charge in [-0.05, 0) is 49.4 Å². The summed E-state index contributed by atoms with van der Waals surface area (Å²) in [4.78, 5) is 40.1. The highest BCUT2D eigenvalue weighted by atomic mass is 19.1. The SMILES string of the molecule is CCCCOC1CCC[C@H]1NC(=O)[C@@H]1C[C@@H](F)CN1C(=O)Cn1nc(C(N)=O)c2cc(-c3ccnnc3)ccc21. The van der Waals surface area contributed by atoms with Crippen molar-refractivity contribution in [3.8, 4) is 11.1 Å². The second-order valence-corrected chi connectivity index (χ2v) is 10.4. The molecule has 1 unspecified atom stereocenters. The van der Waals surface area contributed by atoms with E-state index in [0.29, 0.717) is 17.5 Å². The van der Waals surface area contributed by atoms with Crippen molar-refractivity contribution < 1.29 is 23.5 Å². The fraction of sp³-hybridized carbons (Fsp3) is 0.500. The van der Waals surface area contributed by atoms with E-state index in [-0.39, 0.29) is 43.3 Å². The minimum atomic E-state index is -1.31. The number of amides is 3. The number of unbranched alkanes of at least 4 members (excludes halogenated alkanes) is 1. The normalized spacial score (nSPS) is 22.6. The number of aromatic nitrogens is 4. The molecule has 0 radical (unpaired) electrons. The van der Waals surface area contributed by atoms with Gasteiger partial charge in [0, 0.05) is 24.0 Å². The summed E-state index contributed by atoms with van der Waals surface area (Å²) in [5, 5.41) is 15.5. The molecule has 1 aliphatic carbocycles. The van der Waals surface area contributed by atoms with Crippen LogP contribution in [0, 0.1) is 0 Å². The summed E-state index contributed by atoms with van der Waals surface area (Å²) in [5.74, 6) is -1.58. The molecule has 1 aromatic carbocycles. The third kappa shape index (κ3) is 5.81. The Hall–Kier alpha value is -3.93. The summed E-state index contributed by atoms with van der Waals surface area (Å²) in [5.41, 5.74) is 7.69. The zero-order valence-electron chi connectivity index (χ0n) is 22.5. The minimum absolute atomic E-state index is 0.0149. The maximum atomic E-state index is 14.6. The molecule has 1 aliphatic heterocycles. The van der Waals surface area contributed by atoms with Crippen molar-refractivity contribution in [1.29, 1.82) is 0 Å². The van der Waals surface area contributed by atoms with E-state index in [1.165, 1.54) is 9.58 Å². The highest BCUT2D eigenvalue weighted by Gasteiger charge is 2.41. The fourth-order valence-corrected chi connectivity index (χ4v) is 5.60. The predicted octanol–water partition coefficient (Wildman–Crippen LogP) is 2.39. The summed E-state index contributed by atoms with van der Waals surface area (Å²) in [7, 11) is 0. The van der Waals surface area contributed by atoms with Gasteiger partial charge in [-0.3, -0.25) is 19.1 Å². The first-order valence-corrected chi connectivity index (χ1v) is 13.8. The molecule has 3 N–H and O–H groups in total. The van der Waals surface area contributed by atoms with Gasteiger partial charge in [-0.1, -0.05) is 19.4 Å². The Morgan fingerprint density at radius 2 is 2.02 bits per heavy atom. The van der Waals surface area contributed by atoms with Gasteiger partial charge in [0.05, 0.1) is 36.6 Å². The maximum Gasteiger partial charge on any atom is 0.269 e. The Kier molecular flexibility index (Phi) is 8.34. The zero-order chi connectivity index (χ0) is 28.2. The molecular weight excluding hydrogens is 517 g/mol. The number of likely N-dealkylation sites (tertiary alicyclic amines) is 1. The summed E-state index contributed by atoms with van der Waals surface area (Å²) in [6.45, 7) is 2.27. The van der Waals surface area contributed by atoms with Crippen molar-refractivity contribution in [1.82, 2.24) is 30.2 Å². The molecule has 0 spiro atoms. The number of ether oxygens (including phenoxy) is 1. The van der Waals surface area contributed by atoms with E-state index in [2.05, 4.69) is 27.5 Å². The van der Waals surface area contributed by atoms with E-state index in [1.54, 1.807) is 30.6 Å². The molecule has 40 heavy (non-hydrogen) atoms. The molecule has 4 atom stereocenters. The van der Waals surface area contributed by atoms with Crippen LogP contribution in [-0.4, -0.2) is 80.1 Å². The molecule has 212 valence electrons. The number of nitrogens with two attached hydrogens (primary N) is 1. The lowest BCUT2D eigenvalue weighted by Crippen LogP contribution is -2.51. The van der Waals surface area contributed by atoms with Gasteiger partial charge in [0.2, 0.25) is 11.8 Å². The molecule has 5 rings (SSSR count). The molecule has 3 heterocycles. The van der Waals surface area contributed by atoms with Crippen LogP contribution in [0.1, 0.15) is 55.9 Å². The first kappa shape index (κ1) is 27.6. The average molecular weight is 552 g/mol. The highest BCUT2D eigenvalue weighted by molar-refractivity contribution is 6.05. The largest absolute Gasteiger partial charge is 0.376 e. The van der Waals surface area contributed by atoms with Gasteiger partial charge in [0.1, 0.15) is 18.8 Å². The third-order valence-corrected chi connectivity index (χ3v) is 7.67. The first-order valence-electron chi connectivity index (χ1n) is 13.8. The van der Waals surface area contributed by atoms with Gasteiger partial charge in [-0.15, -0.1) is 0 Å². The summed E-state index contributed by atoms with van der Waals surface area (Å²) in [6, 6.07) is 6.01. The number of rotatable bonds is 10. The van der Waals surface area contributed by atoms with Crippen molar-refractivity contribution in [2.24, 2.45) is 5.73 Å². The number of primary amides is 1. The van der Waals surface area contributed by atoms with Crippen molar-refractivity contribution in [2.75, 3.05) is 13.2 Å². The number of carbonyl (C=O) groups is 3. The molecule has 1 saturated heterocycles. The third-order valence-electron chi connectivity index (χ3n) is 7.67. The number of hydrogen-bond acceptors (Lipinski definition) is 7. The van der Waals surface area contributed by atoms with E-state index >= 15 is 0 Å². The number of halogens is 1.